The van der Waals surface area contributed by atoms with Crippen molar-refractivity contribution in [3.05, 3.63) is 259 Å². The van der Waals surface area contributed by atoms with E-state index in [1.807, 2.05) is 11.3 Å². The Balaban J connectivity index is 1.10. The number of hydrogen-bond acceptors (Lipinski definition) is 2. The van der Waals surface area contributed by atoms with Crippen LogP contribution in [-0.2, 0) is 5.41 Å². The van der Waals surface area contributed by atoms with Crippen LogP contribution in [0.25, 0.3) is 75.8 Å². The van der Waals surface area contributed by atoms with Crippen LogP contribution in [0.4, 0.5) is 17.1 Å². The third kappa shape index (κ3) is 5.42. The molecule has 0 saturated carbocycles. The number of anilines is 3. The van der Waals surface area contributed by atoms with Crippen LogP contribution >= 0.6 is 11.3 Å². The van der Waals surface area contributed by atoms with Crippen LogP contribution in [0.5, 0.6) is 0 Å². The van der Waals surface area contributed by atoms with Crippen molar-refractivity contribution in [2.45, 2.75) is 5.41 Å². The average molecular weight is 818 g/mol. The van der Waals surface area contributed by atoms with Crippen molar-refractivity contribution in [1.29, 1.82) is 0 Å². The van der Waals surface area contributed by atoms with Gasteiger partial charge in [0.15, 0.2) is 0 Å². The molecule has 0 fully saturated rings. The molecule has 0 radical (unpaired) electrons. The van der Waals surface area contributed by atoms with Crippen LogP contribution in [0.3, 0.4) is 0 Å². The highest BCUT2D eigenvalue weighted by molar-refractivity contribution is 7.26. The summed E-state index contributed by atoms with van der Waals surface area (Å²) in [5.74, 6) is 0. The van der Waals surface area contributed by atoms with E-state index in [1.165, 1.54) is 98.1 Å². The molecule has 11 aromatic rings. The van der Waals surface area contributed by atoms with Crippen molar-refractivity contribution in [2.24, 2.45) is 0 Å². The molecule has 1 heterocycles. The lowest BCUT2D eigenvalue weighted by atomic mass is 9.70. The Kier molecular flexibility index (Phi) is 8.06. The Morgan fingerprint density at radius 2 is 0.825 bits per heavy atom. The predicted molar refractivity (Wildman–Crippen MR) is 267 cm³/mol. The second-order valence-electron chi connectivity index (χ2n) is 16.8. The van der Waals surface area contributed by atoms with Crippen LogP contribution in [0, 0.1) is 0 Å². The third-order valence-electron chi connectivity index (χ3n) is 13.5. The van der Waals surface area contributed by atoms with Crippen LogP contribution < -0.4 is 4.90 Å². The lowest BCUT2D eigenvalue weighted by Crippen LogP contribution is -2.26. The third-order valence-corrected chi connectivity index (χ3v) is 14.7. The first-order valence-electron chi connectivity index (χ1n) is 21.7. The van der Waals surface area contributed by atoms with Gasteiger partial charge in [0.2, 0.25) is 0 Å². The minimum atomic E-state index is -0.550. The van der Waals surface area contributed by atoms with Gasteiger partial charge in [0, 0.05) is 42.8 Å². The number of thiophene rings is 1. The summed E-state index contributed by atoms with van der Waals surface area (Å²) in [5, 5.41) is 2.65. The van der Waals surface area contributed by atoms with E-state index < -0.39 is 5.41 Å². The standard InChI is InChI=1S/C61H39NS/c1-4-16-40(17-5-1)43-22-14-24-46(36-43)62(47-25-15-23-44(37-47)41-18-6-2-7-19-41)48-31-33-50-49-32-30-45(42-20-8-3-9-21-42)38-56(49)61(57(50)39-48)54-28-12-10-27-53(54)59-55(61)35-34-52-51-26-11-13-29-58(51)63-60(52)59/h1-39H. The molecule has 0 N–H and O–H groups in total. The summed E-state index contributed by atoms with van der Waals surface area (Å²) in [6.45, 7) is 0. The lowest BCUT2D eigenvalue weighted by molar-refractivity contribution is 0.794. The quantitative estimate of drug-likeness (QED) is 0.162. The van der Waals surface area contributed by atoms with E-state index in [4.69, 9.17) is 0 Å². The maximum atomic E-state index is 2.52. The SMILES string of the molecule is c1ccc(-c2cccc(N(c3cccc(-c4ccccc4)c3)c3ccc4c(c3)C3(c5cc(-c6ccccc6)ccc5-4)c4ccccc4-c4c3ccc3c4sc4ccccc43)c2)cc1. The molecule has 294 valence electrons. The fourth-order valence-electron chi connectivity index (χ4n) is 10.7. The molecule has 1 unspecified atom stereocenters. The van der Waals surface area contributed by atoms with Gasteiger partial charge in [-0.3, -0.25) is 0 Å². The molecule has 0 aliphatic heterocycles. The van der Waals surface area contributed by atoms with E-state index in [0.29, 0.717) is 0 Å². The zero-order valence-corrected chi connectivity index (χ0v) is 35.2. The Morgan fingerprint density at radius 1 is 0.302 bits per heavy atom. The van der Waals surface area contributed by atoms with Crippen molar-refractivity contribution < 1.29 is 0 Å². The van der Waals surface area contributed by atoms with Gasteiger partial charge in [0.1, 0.15) is 0 Å². The first-order valence-corrected chi connectivity index (χ1v) is 22.6. The van der Waals surface area contributed by atoms with Crippen molar-refractivity contribution in [2.75, 3.05) is 4.90 Å². The van der Waals surface area contributed by atoms with E-state index >= 15 is 0 Å². The van der Waals surface area contributed by atoms with Crippen LogP contribution in [0.2, 0.25) is 0 Å². The van der Waals surface area contributed by atoms with Gasteiger partial charge in [0.25, 0.3) is 0 Å². The highest BCUT2D eigenvalue weighted by atomic mass is 32.1. The van der Waals surface area contributed by atoms with E-state index in [9.17, 15) is 0 Å². The van der Waals surface area contributed by atoms with Crippen molar-refractivity contribution >= 4 is 48.6 Å². The molecular formula is C61H39NS. The van der Waals surface area contributed by atoms with Gasteiger partial charge in [-0.2, -0.15) is 0 Å². The number of hydrogen-bond donors (Lipinski definition) is 0. The molecule has 2 aliphatic rings. The average Bonchev–Trinajstić information content (AvgIpc) is 3.99. The molecule has 0 bridgehead atoms. The Labute approximate surface area is 371 Å². The molecule has 1 aromatic heterocycles. The van der Waals surface area contributed by atoms with Crippen LogP contribution in [0.1, 0.15) is 22.3 Å². The molecule has 10 aromatic carbocycles. The predicted octanol–water partition coefficient (Wildman–Crippen LogP) is 16.9. The van der Waals surface area contributed by atoms with Gasteiger partial charge in [-0.05, 0) is 121 Å². The zero-order valence-electron chi connectivity index (χ0n) is 34.4. The summed E-state index contributed by atoms with van der Waals surface area (Å²) in [7, 11) is 0. The molecule has 2 heteroatoms. The van der Waals surface area contributed by atoms with Crippen LogP contribution in [0.15, 0.2) is 237 Å². The number of nitrogens with zero attached hydrogens (tertiary/aromatic N) is 1. The number of benzene rings is 10. The van der Waals surface area contributed by atoms with Gasteiger partial charge in [-0.1, -0.05) is 188 Å². The van der Waals surface area contributed by atoms with E-state index in [-0.39, 0.29) is 0 Å². The van der Waals surface area contributed by atoms with Crippen molar-refractivity contribution in [3.8, 4) is 55.6 Å². The Bertz CT molecular complexity index is 3490. The van der Waals surface area contributed by atoms with Gasteiger partial charge in [0.05, 0.1) is 5.41 Å². The lowest BCUT2D eigenvalue weighted by Gasteiger charge is -2.32. The summed E-state index contributed by atoms with van der Waals surface area (Å²) >= 11 is 1.93. The molecule has 0 amide bonds. The van der Waals surface area contributed by atoms with Gasteiger partial charge < -0.3 is 4.90 Å². The largest absolute Gasteiger partial charge is 0.310 e. The molecular weight excluding hydrogens is 779 g/mol. The summed E-state index contributed by atoms with van der Waals surface area (Å²) in [5.41, 5.74) is 20.6. The second kappa shape index (κ2) is 14.1. The maximum absolute atomic E-state index is 2.52. The Morgan fingerprint density at radius 3 is 1.49 bits per heavy atom. The van der Waals surface area contributed by atoms with Crippen molar-refractivity contribution in [1.82, 2.24) is 0 Å². The first-order chi connectivity index (χ1) is 31.2. The summed E-state index contributed by atoms with van der Waals surface area (Å²) in [6.07, 6.45) is 0. The van der Waals surface area contributed by atoms with E-state index in [2.05, 4.69) is 241 Å². The molecule has 1 atom stereocenters. The number of rotatable bonds is 6. The van der Waals surface area contributed by atoms with E-state index in [0.717, 1.165) is 17.1 Å². The van der Waals surface area contributed by atoms with E-state index in [1.54, 1.807) is 0 Å². The fraction of sp³-hybridized carbons (Fsp3) is 0.0164. The Hall–Kier alpha value is -7.78. The maximum Gasteiger partial charge on any atom is 0.0727 e. The van der Waals surface area contributed by atoms with Gasteiger partial charge in [-0.25, -0.2) is 0 Å². The van der Waals surface area contributed by atoms with Crippen LogP contribution in [-0.4, -0.2) is 0 Å². The summed E-state index contributed by atoms with van der Waals surface area (Å²) < 4.78 is 2.69. The summed E-state index contributed by atoms with van der Waals surface area (Å²) in [4.78, 5) is 2.46. The molecule has 1 nitrogen and oxygen atoms in total. The normalized spacial score (nSPS) is 14.4. The summed E-state index contributed by atoms with van der Waals surface area (Å²) in [6, 6.07) is 87.8. The topological polar surface area (TPSA) is 3.24 Å². The zero-order chi connectivity index (χ0) is 41.5. The first kappa shape index (κ1) is 35.9. The highest BCUT2D eigenvalue weighted by Crippen LogP contribution is 2.65. The van der Waals surface area contributed by atoms with Gasteiger partial charge >= 0.3 is 0 Å². The molecule has 0 saturated heterocycles. The molecule has 1 spiro atoms. The molecule has 13 rings (SSSR count). The molecule has 2 aliphatic carbocycles. The highest BCUT2D eigenvalue weighted by Gasteiger charge is 2.52. The fourth-order valence-corrected chi connectivity index (χ4v) is 12.0. The smallest absolute Gasteiger partial charge is 0.0727 e. The minimum Gasteiger partial charge on any atom is -0.310 e. The van der Waals surface area contributed by atoms with Gasteiger partial charge in [-0.15, -0.1) is 11.3 Å². The minimum absolute atomic E-state index is 0.550. The number of fused-ring (bicyclic) bond motifs is 14. The second-order valence-corrected chi connectivity index (χ2v) is 17.8. The van der Waals surface area contributed by atoms with Crippen molar-refractivity contribution in [3.63, 3.8) is 0 Å². The molecule has 63 heavy (non-hydrogen) atoms. The monoisotopic (exact) mass is 817 g/mol.